The zero-order chi connectivity index (χ0) is 15.4. The van der Waals surface area contributed by atoms with E-state index in [-0.39, 0.29) is 0 Å². The molecule has 0 radical (unpaired) electrons. The number of benzene rings is 1. The van der Waals surface area contributed by atoms with Gasteiger partial charge in [0.05, 0.1) is 7.11 Å². The molecule has 3 rings (SSSR count). The van der Waals surface area contributed by atoms with Crippen LogP contribution in [0.25, 0.3) is 10.8 Å². The van der Waals surface area contributed by atoms with Crippen molar-refractivity contribution in [2.45, 2.75) is 19.8 Å². The maximum absolute atomic E-state index is 5.37. The molecule has 4 nitrogen and oxygen atoms in total. The summed E-state index contributed by atoms with van der Waals surface area (Å²) in [5.74, 6) is 1.98. The van der Waals surface area contributed by atoms with Crippen LogP contribution in [0.3, 0.4) is 0 Å². The molecule has 0 unspecified atom stereocenters. The predicted octanol–water partition coefficient (Wildman–Crippen LogP) is 3.17. The van der Waals surface area contributed by atoms with E-state index >= 15 is 0 Å². The van der Waals surface area contributed by atoms with Gasteiger partial charge in [-0.1, -0.05) is 19.4 Å². The van der Waals surface area contributed by atoms with Gasteiger partial charge in [0, 0.05) is 37.8 Å². The molecule has 22 heavy (non-hydrogen) atoms. The summed E-state index contributed by atoms with van der Waals surface area (Å²) >= 11 is 0. The van der Waals surface area contributed by atoms with Crippen LogP contribution in [0.1, 0.15) is 19.8 Å². The third-order valence-electron chi connectivity index (χ3n) is 4.45. The van der Waals surface area contributed by atoms with E-state index in [1.54, 1.807) is 7.11 Å². The highest BCUT2D eigenvalue weighted by Gasteiger charge is 2.19. The van der Waals surface area contributed by atoms with Crippen LogP contribution in [-0.4, -0.2) is 49.7 Å². The third kappa shape index (κ3) is 3.17. The van der Waals surface area contributed by atoms with Crippen molar-refractivity contribution in [1.82, 2.24) is 9.88 Å². The molecule has 1 aliphatic heterocycles. The monoisotopic (exact) mass is 299 g/mol. The molecule has 0 spiro atoms. The number of anilines is 1. The highest BCUT2D eigenvalue weighted by Crippen LogP contribution is 2.28. The number of aromatic nitrogens is 1. The van der Waals surface area contributed by atoms with Crippen molar-refractivity contribution in [1.29, 1.82) is 0 Å². The van der Waals surface area contributed by atoms with Gasteiger partial charge in [0.2, 0.25) is 0 Å². The van der Waals surface area contributed by atoms with Crippen molar-refractivity contribution in [3.05, 3.63) is 30.5 Å². The first kappa shape index (κ1) is 15.1. The maximum Gasteiger partial charge on any atom is 0.136 e. The largest absolute Gasteiger partial charge is 0.497 e. The smallest absolute Gasteiger partial charge is 0.136 e. The number of rotatable bonds is 5. The summed E-state index contributed by atoms with van der Waals surface area (Å²) in [6.45, 7) is 7.83. The van der Waals surface area contributed by atoms with E-state index in [4.69, 9.17) is 4.74 Å². The molecule has 4 heteroatoms. The summed E-state index contributed by atoms with van der Waals surface area (Å²) in [4.78, 5) is 9.61. The Balaban J connectivity index is 1.79. The standard InChI is InChI=1S/C18H25N3O/c1-3-4-9-20-10-12-21(13-11-20)18-17-14-16(22-2)6-5-15(17)7-8-19-18/h5-8,14H,3-4,9-13H2,1-2H3. The average Bonchev–Trinajstić information content (AvgIpc) is 2.59. The summed E-state index contributed by atoms with van der Waals surface area (Å²) < 4.78 is 5.37. The van der Waals surface area contributed by atoms with Crippen molar-refractivity contribution >= 4 is 16.6 Å². The first-order valence-electron chi connectivity index (χ1n) is 8.22. The van der Waals surface area contributed by atoms with E-state index in [1.165, 1.54) is 30.2 Å². The van der Waals surface area contributed by atoms with Crippen molar-refractivity contribution in [3.8, 4) is 5.75 Å². The zero-order valence-corrected chi connectivity index (χ0v) is 13.6. The number of unbranched alkanes of at least 4 members (excludes halogenated alkanes) is 1. The first-order valence-corrected chi connectivity index (χ1v) is 8.22. The van der Waals surface area contributed by atoms with Crippen LogP contribution in [0.2, 0.25) is 0 Å². The lowest BCUT2D eigenvalue weighted by molar-refractivity contribution is 0.254. The van der Waals surface area contributed by atoms with Gasteiger partial charge in [-0.15, -0.1) is 0 Å². The van der Waals surface area contributed by atoms with Crippen molar-refractivity contribution in [2.75, 3.05) is 44.7 Å². The molecule has 0 N–H and O–H groups in total. The molecule has 0 saturated carbocycles. The van der Waals surface area contributed by atoms with E-state index in [9.17, 15) is 0 Å². The molecule has 0 atom stereocenters. The van der Waals surface area contributed by atoms with Gasteiger partial charge in [0.25, 0.3) is 0 Å². The molecular weight excluding hydrogens is 274 g/mol. The fourth-order valence-corrected chi connectivity index (χ4v) is 3.08. The van der Waals surface area contributed by atoms with E-state index < -0.39 is 0 Å². The van der Waals surface area contributed by atoms with Gasteiger partial charge in [-0.25, -0.2) is 4.98 Å². The van der Waals surface area contributed by atoms with Crippen LogP contribution in [0.15, 0.2) is 30.5 Å². The predicted molar refractivity (Wildman–Crippen MR) is 91.9 cm³/mol. The number of fused-ring (bicyclic) bond motifs is 1. The molecule has 2 aromatic rings. The number of nitrogens with zero attached hydrogens (tertiary/aromatic N) is 3. The zero-order valence-electron chi connectivity index (χ0n) is 13.6. The quantitative estimate of drug-likeness (QED) is 0.848. The van der Waals surface area contributed by atoms with Gasteiger partial charge in [-0.05, 0) is 36.6 Å². The van der Waals surface area contributed by atoms with Crippen LogP contribution in [0, 0.1) is 0 Å². The molecule has 2 heterocycles. The Morgan fingerprint density at radius 3 is 2.68 bits per heavy atom. The number of piperazine rings is 1. The molecule has 0 amide bonds. The summed E-state index contributed by atoms with van der Waals surface area (Å²) in [6.07, 6.45) is 4.47. The highest BCUT2D eigenvalue weighted by atomic mass is 16.5. The maximum atomic E-state index is 5.37. The summed E-state index contributed by atoms with van der Waals surface area (Å²) in [5, 5.41) is 2.41. The minimum atomic E-state index is 0.892. The number of methoxy groups -OCH3 is 1. The molecule has 1 aromatic carbocycles. The van der Waals surface area contributed by atoms with Crippen LogP contribution in [0.5, 0.6) is 5.75 Å². The molecule has 1 fully saturated rings. The molecule has 0 bridgehead atoms. The number of hydrogen-bond donors (Lipinski definition) is 0. The van der Waals surface area contributed by atoms with E-state index in [2.05, 4.69) is 39.9 Å². The van der Waals surface area contributed by atoms with Crippen LogP contribution in [-0.2, 0) is 0 Å². The fraction of sp³-hybridized carbons (Fsp3) is 0.500. The third-order valence-corrected chi connectivity index (χ3v) is 4.45. The van der Waals surface area contributed by atoms with Crippen molar-refractivity contribution in [2.24, 2.45) is 0 Å². The van der Waals surface area contributed by atoms with Gasteiger partial charge in [-0.2, -0.15) is 0 Å². The second kappa shape index (κ2) is 6.97. The van der Waals surface area contributed by atoms with Gasteiger partial charge >= 0.3 is 0 Å². The second-order valence-electron chi connectivity index (χ2n) is 5.90. The molecule has 0 aliphatic carbocycles. The number of hydrogen-bond acceptors (Lipinski definition) is 4. The van der Waals surface area contributed by atoms with Crippen LogP contribution in [0.4, 0.5) is 5.82 Å². The topological polar surface area (TPSA) is 28.6 Å². The average molecular weight is 299 g/mol. The van der Waals surface area contributed by atoms with Gasteiger partial charge in [-0.3, -0.25) is 4.90 Å². The Kier molecular flexibility index (Phi) is 4.78. The Bertz CT molecular complexity index is 621. The molecular formula is C18H25N3O. The minimum Gasteiger partial charge on any atom is -0.497 e. The lowest BCUT2D eigenvalue weighted by Gasteiger charge is -2.35. The Morgan fingerprint density at radius 1 is 1.14 bits per heavy atom. The van der Waals surface area contributed by atoms with Crippen LogP contribution >= 0.6 is 0 Å². The Morgan fingerprint density at radius 2 is 1.95 bits per heavy atom. The Labute approximate surface area is 132 Å². The minimum absolute atomic E-state index is 0.892. The first-order chi connectivity index (χ1) is 10.8. The van der Waals surface area contributed by atoms with E-state index in [0.717, 1.165) is 37.7 Å². The van der Waals surface area contributed by atoms with Gasteiger partial charge in [0.1, 0.15) is 11.6 Å². The summed E-state index contributed by atoms with van der Waals surface area (Å²) in [5.41, 5.74) is 0. The molecule has 1 aliphatic rings. The lowest BCUT2D eigenvalue weighted by atomic mass is 10.1. The van der Waals surface area contributed by atoms with E-state index in [1.807, 2.05) is 12.3 Å². The summed E-state index contributed by atoms with van der Waals surface area (Å²) in [7, 11) is 1.71. The van der Waals surface area contributed by atoms with Gasteiger partial charge < -0.3 is 9.64 Å². The van der Waals surface area contributed by atoms with E-state index in [0.29, 0.717) is 0 Å². The van der Waals surface area contributed by atoms with Crippen LogP contribution < -0.4 is 9.64 Å². The van der Waals surface area contributed by atoms with Crippen molar-refractivity contribution < 1.29 is 4.74 Å². The molecule has 118 valence electrons. The van der Waals surface area contributed by atoms with Crippen molar-refractivity contribution in [3.63, 3.8) is 0 Å². The summed E-state index contributed by atoms with van der Waals surface area (Å²) in [6, 6.07) is 8.28. The number of pyridine rings is 1. The molecule has 1 aromatic heterocycles. The normalized spacial score (nSPS) is 16.2. The van der Waals surface area contributed by atoms with Gasteiger partial charge in [0.15, 0.2) is 0 Å². The molecule has 1 saturated heterocycles. The SMILES string of the molecule is CCCCN1CCN(c2nccc3ccc(OC)cc23)CC1. The Hall–Kier alpha value is -1.81. The lowest BCUT2D eigenvalue weighted by Crippen LogP contribution is -2.46. The highest BCUT2D eigenvalue weighted by molar-refractivity contribution is 5.93. The second-order valence-corrected chi connectivity index (χ2v) is 5.90. The fourth-order valence-electron chi connectivity index (χ4n) is 3.08. The number of ether oxygens (including phenoxy) is 1.